The Kier molecular flexibility index (Phi) is 5.12. The van der Waals surface area contributed by atoms with E-state index in [1.165, 1.54) is 5.56 Å². The quantitative estimate of drug-likeness (QED) is 0.747. The van der Waals surface area contributed by atoms with Gasteiger partial charge in [-0.15, -0.1) is 0 Å². The van der Waals surface area contributed by atoms with E-state index in [0.717, 1.165) is 49.0 Å². The summed E-state index contributed by atoms with van der Waals surface area (Å²) in [6.45, 7) is 2.82. The van der Waals surface area contributed by atoms with Crippen molar-refractivity contribution in [3.05, 3.63) is 66.1 Å². The number of ether oxygens (including phenoxy) is 1. The molecule has 2 aromatic carbocycles. The van der Waals surface area contributed by atoms with Crippen molar-refractivity contribution in [3.63, 3.8) is 0 Å². The Balaban J connectivity index is 1.32. The number of likely N-dealkylation sites (tertiary alicyclic amines) is 1. The molecule has 27 heavy (non-hydrogen) atoms. The van der Waals surface area contributed by atoms with Crippen LogP contribution in [0.25, 0.3) is 10.8 Å². The molecular formula is C22H24N2O3. The van der Waals surface area contributed by atoms with E-state index in [1.54, 1.807) is 13.4 Å². The number of benzene rings is 2. The topological polar surface area (TPSA) is 54.7 Å². The van der Waals surface area contributed by atoms with Gasteiger partial charge in [-0.3, -0.25) is 9.69 Å². The van der Waals surface area contributed by atoms with Crippen molar-refractivity contribution in [3.8, 4) is 5.75 Å². The van der Waals surface area contributed by atoms with Gasteiger partial charge in [0.1, 0.15) is 5.75 Å². The van der Waals surface area contributed by atoms with Gasteiger partial charge in [-0.25, -0.2) is 0 Å². The Morgan fingerprint density at radius 2 is 2.00 bits per heavy atom. The first-order valence-corrected chi connectivity index (χ1v) is 9.35. The second-order valence-corrected chi connectivity index (χ2v) is 7.03. The molecule has 0 saturated carbocycles. The fourth-order valence-electron chi connectivity index (χ4n) is 3.68. The number of nitrogens with zero attached hydrogens (tertiary/aromatic N) is 1. The molecule has 0 atom stereocenters. The SMILES string of the molecule is COc1cccc(CN2CCC(NC(=O)c3occ4ccccc34)CC2)c1. The summed E-state index contributed by atoms with van der Waals surface area (Å²) in [7, 11) is 1.69. The predicted octanol–water partition coefficient (Wildman–Crippen LogP) is 3.84. The molecule has 1 aliphatic rings. The molecule has 4 rings (SSSR count). The largest absolute Gasteiger partial charge is 0.497 e. The summed E-state index contributed by atoms with van der Waals surface area (Å²) in [6, 6.07) is 16.1. The van der Waals surface area contributed by atoms with Gasteiger partial charge in [0.15, 0.2) is 5.76 Å². The van der Waals surface area contributed by atoms with Crippen LogP contribution in [0.2, 0.25) is 0 Å². The van der Waals surface area contributed by atoms with Crippen LogP contribution >= 0.6 is 0 Å². The number of methoxy groups -OCH3 is 1. The van der Waals surface area contributed by atoms with E-state index >= 15 is 0 Å². The lowest BCUT2D eigenvalue weighted by Crippen LogP contribution is -2.44. The van der Waals surface area contributed by atoms with Gasteiger partial charge >= 0.3 is 0 Å². The lowest BCUT2D eigenvalue weighted by molar-refractivity contribution is 0.0883. The molecule has 0 aliphatic carbocycles. The fraction of sp³-hybridized carbons (Fsp3) is 0.318. The summed E-state index contributed by atoms with van der Waals surface area (Å²) in [4.78, 5) is 15.0. The average Bonchev–Trinajstić information content (AvgIpc) is 3.14. The molecule has 1 N–H and O–H groups in total. The second kappa shape index (κ2) is 7.84. The number of nitrogens with one attached hydrogen (secondary N) is 1. The minimum Gasteiger partial charge on any atom is -0.497 e. The van der Waals surface area contributed by atoms with Gasteiger partial charge in [0.25, 0.3) is 5.91 Å². The van der Waals surface area contributed by atoms with E-state index < -0.39 is 0 Å². The normalized spacial score (nSPS) is 15.7. The minimum atomic E-state index is -0.123. The molecule has 1 amide bonds. The van der Waals surface area contributed by atoms with Gasteiger partial charge in [-0.2, -0.15) is 0 Å². The van der Waals surface area contributed by atoms with Crippen LogP contribution in [0.3, 0.4) is 0 Å². The van der Waals surface area contributed by atoms with Gasteiger partial charge in [0.05, 0.1) is 13.4 Å². The van der Waals surface area contributed by atoms with E-state index in [2.05, 4.69) is 22.3 Å². The van der Waals surface area contributed by atoms with Crippen LogP contribution in [0.15, 0.2) is 59.2 Å². The van der Waals surface area contributed by atoms with E-state index in [1.807, 2.05) is 36.4 Å². The molecule has 2 heterocycles. The molecule has 0 radical (unpaired) electrons. The highest BCUT2D eigenvalue weighted by Gasteiger charge is 2.23. The molecule has 5 heteroatoms. The van der Waals surface area contributed by atoms with Crippen LogP contribution in [0.4, 0.5) is 0 Å². The van der Waals surface area contributed by atoms with Crippen molar-refractivity contribution in [1.29, 1.82) is 0 Å². The summed E-state index contributed by atoms with van der Waals surface area (Å²) in [5.41, 5.74) is 1.25. The molecule has 140 valence electrons. The fourth-order valence-corrected chi connectivity index (χ4v) is 3.68. The lowest BCUT2D eigenvalue weighted by Gasteiger charge is -2.32. The molecule has 1 aliphatic heterocycles. The lowest BCUT2D eigenvalue weighted by atomic mass is 10.0. The zero-order valence-electron chi connectivity index (χ0n) is 15.5. The monoisotopic (exact) mass is 364 g/mol. The van der Waals surface area contributed by atoms with Crippen LogP contribution in [0.5, 0.6) is 5.75 Å². The van der Waals surface area contributed by atoms with Crippen LogP contribution in [0.1, 0.15) is 29.0 Å². The Bertz CT molecular complexity index is 926. The van der Waals surface area contributed by atoms with Gasteiger partial charge < -0.3 is 14.5 Å². The predicted molar refractivity (Wildman–Crippen MR) is 105 cm³/mol. The molecule has 5 nitrogen and oxygen atoms in total. The minimum absolute atomic E-state index is 0.123. The Morgan fingerprint density at radius 1 is 1.19 bits per heavy atom. The van der Waals surface area contributed by atoms with Gasteiger partial charge in [-0.1, -0.05) is 36.4 Å². The summed E-state index contributed by atoms with van der Waals surface area (Å²) in [5, 5.41) is 4.96. The smallest absolute Gasteiger partial charge is 0.287 e. The van der Waals surface area contributed by atoms with Crippen molar-refractivity contribution >= 4 is 16.7 Å². The average molecular weight is 364 g/mol. The van der Waals surface area contributed by atoms with Crippen molar-refractivity contribution < 1.29 is 13.9 Å². The third kappa shape index (κ3) is 3.98. The highest BCUT2D eigenvalue weighted by atomic mass is 16.5. The Labute approximate surface area is 158 Å². The number of carbonyl (C=O) groups is 1. The zero-order valence-corrected chi connectivity index (χ0v) is 15.5. The third-order valence-corrected chi connectivity index (χ3v) is 5.18. The van der Waals surface area contributed by atoms with Crippen LogP contribution < -0.4 is 10.1 Å². The first kappa shape index (κ1) is 17.6. The number of hydrogen-bond donors (Lipinski definition) is 1. The van der Waals surface area contributed by atoms with E-state index in [9.17, 15) is 4.79 Å². The highest BCUT2D eigenvalue weighted by molar-refractivity contribution is 6.04. The summed E-state index contributed by atoms with van der Waals surface area (Å²) in [6.07, 6.45) is 3.52. The molecule has 1 saturated heterocycles. The van der Waals surface area contributed by atoms with Crippen LogP contribution in [-0.4, -0.2) is 37.0 Å². The highest BCUT2D eigenvalue weighted by Crippen LogP contribution is 2.22. The van der Waals surface area contributed by atoms with Gasteiger partial charge in [0, 0.05) is 36.4 Å². The van der Waals surface area contributed by atoms with E-state index in [0.29, 0.717) is 5.76 Å². The third-order valence-electron chi connectivity index (χ3n) is 5.18. The maximum Gasteiger partial charge on any atom is 0.287 e. The standard InChI is InChI=1S/C22H24N2O3/c1-26-19-7-4-5-16(13-19)14-24-11-9-18(10-12-24)23-22(25)21-20-8-3-2-6-17(20)15-27-21/h2-8,13,15,18H,9-12,14H2,1H3,(H,23,25). The first-order valence-electron chi connectivity index (χ1n) is 9.35. The number of fused-ring (bicyclic) bond motifs is 1. The van der Waals surface area contributed by atoms with Crippen LogP contribution in [0, 0.1) is 0 Å². The van der Waals surface area contributed by atoms with Gasteiger partial charge in [-0.05, 0) is 30.5 Å². The Morgan fingerprint density at radius 3 is 2.81 bits per heavy atom. The molecule has 1 fully saturated rings. The summed E-state index contributed by atoms with van der Waals surface area (Å²) in [5.74, 6) is 1.17. The van der Waals surface area contributed by atoms with E-state index in [4.69, 9.17) is 9.15 Å². The molecule has 1 aromatic heterocycles. The number of rotatable bonds is 5. The van der Waals surface area contributed by atoms with Crippen molar-refractivity contribution in [1.82, 2.24) is 10.2 Å². The molecule has 0 unspecified atom stereocenters. The second-order valence-electron chi connectivity index (χ2n) is 7.03. The molecular weight excluding hydrogens is 340 g/mol. The van der Waals surface area contributed by atoms with Gasteiger partial charge in [0.2, 0.25) is 0 Å². The Hall–Kier alpha value is -2.79. The molecule has 3 aromatic rings. The molecule has 0 bridgehead atoms. The van der Waals surface area contributed by atoms with Crippen molar-refractivity contribution in [2.24, 2.45) is 0 Å². The zero-order chi connectivity index (χ0) is 18.6. The number of furan rings is 1. The number of hydrogen-bond acceptors (Lipinski definition) is 4. The van der Waals surface area contributed by atoms with Crippen molar-refractivity contribution in [2.75, 3.05) is 20.2 Å². The number of carbonyl (C=O) groups excluding carboxylic acids is 1. The first-order chi connectivity index (χ1) is 13.2. The summed E-state index contributed by atoms with van der Waals surface area (Å²) < 4.78 is 10.8. The van der Waals surface area contributed by atoms with Crippen molar-refractivity contribution in [2.45, 2.75) is 25.4 Å². The van der Waals surface area contributed by atoms with Crippen LogP contribution in [-0.2, 0) is 6.54 Å². The maximum absolute atomic E-state index is 12.6. The maximum atomic E-state index is 12.6. The summed E-state index contributed by atoms with van der Waals surface area (Å²) >= 11 is 0. The number of amides is 1. The number of piperidine rings is 1. The molecule has 0 spiro atoms. The van der Waals surface area contributed by atoms with E-state index in [-0.39, 0.29) is 11.9 Å².